The molecule has 1 fully saturated rings. The molecule has 96 valence electrons. The number of likely N-dealkylation sites (tertiary alicyclic amines) is 1. The number of carbonyl (C=O) groups excluding carboxylic acids is 1. The zero-order valence-electron chi connectivity index (χ0n) is 9.93. The highest BCUT2D eigenvalue weighted by molar-refractivity contribution is 5.84. The van der Waals surface area contributed by atoms with Crippen molar-refractivity contribution < 1.29 is 19.4 Å². The maximum Gasteiger partial charge on any atom is 0.326 e. The molecular formula is C12H19NO4. The van der Waals surface area contributed by atoms with Crippen molar-refractivity contribution in [3.63, 3.8) is 0 Å². The van der Waals surface area contributed by atoms with Gasteiger partial charge in [-0.1, -0.05) is 6.08 Å². The van der Waals surface area contributed by atoms with Gasteiger partial charge in [-0.3, -0.25) is 4.79 Å². The molecule has 1 heterocycles. The van der Waals surface area contributed by atoms with Gasteiger partial charge >= 0.3 is 5.97 Å². The third kappa shape index (κ3) is 4.19. The van der Waals surface area contributed by atoms with Crippen molar-refractivity contribution in [3.05, 3.63) is 12.7 Å². The molecule has 1 aliphatic rings. The highest BCUT2D eigenvalue weighted by Gasteiger charge is 2.33. The van der Waals surface area contributed by atoms with Crippen LogP contribution < -0.4 is 0 Å². The van der Waals surface area contributed by atoms with Gasteiger partial charge in [0.15, 0.2) is 0 Å². The summed E-state index contributed by atoms with van der Waals surface area (Å²) in [5, 5.41) is 8.94. The standard InChI is InChI=1S/C12H19NO4/c1-2-8-17-9-4-6-11(14)13-7-3-5-10(13)12(15)16/h2,10H,1,3-9H2,(H,15,16)/t10-/m1/s1. The van der Waals surface area contributed by atoms with E-state index in [4.69, 9.17) is 9.84 Å². The van der Waals surface area contributed by atoms with Crippen LogP contribution in [0.2, 0.25) is 0 Å². The maximum atomic E-state index is 11.8. The second-order valence-corrected chi connectivity index (χ2v) is 4.05. The number of nitrogens with zero attached hydrogens (tertiary/aromatic N) is 1. The van der Waals surface area contributed by atoms with E-state index in [2.05, 4.69) is 6.58 Å². The lowest BCUT2D eigenvalue weighted by Crippen LogP contribution is -2.40. The van der Waals surface area contributed by atoms with E-state index < -0.39 is 12.0 Å². The Labute approximate surface area is 101 Å². The quantitative estimate of drug-likeness (QED) is 0.534. The molecule has 0 aromatic heterocycles. The van der Waals surface area contributed by atoms with Crippen molar-refractivity contribution in [1.29, 1.82) is 0 Å². The zero-order valence-corrected chi connectivity index (χ0v) is 9.93. The van der Waals surface area contributed by atoms with Crippen molar-refractivity contribution in [2.24, 2.45) is 0 Å². The molecule has 0 aromatic rings. The number of aliphatic carboxylic acids is 1. The molecule has 0 unspecified atom stereocenters. The highest BCUT2D eigenvalue weighted by atomic mass is 16.5. The SMILES string of the molecule is C=CCOCCCC(=O)N1CCC[C@@H]1C(=O)O. The molecule has 5 nitrogen and oxygen atoms in total. The van der Waals surface area contributed by atoms with E-state index in [1.807, 2.05) is 0 Å². The predicted molar refractivity (Wildman–Crippen MR) is 62.6 cm³/mol. The number of carbonyl (C=O) groups is 2. The Morgan fingerprint density at radius 1 is 1.53 bits per heavy atom. The summed E-state index contributed by atoms with van der Waals surface area (Å²) in [5.41, 5.74) is 0. The molecule has 1 saturated heterocycles. The minimum Gasteiger partial charge on any atom is -0.480 e. The summed E-state index contributed by atoms with van der Waals surface area (Å²) in [5.74, 6) is -0.990. The Morgan fingerprint density at radius 2 is 2.29 bits per heavy atom. The lowest BCUT2D eigenvalue weighted by atomic mass is 10.2. The highest BCUT2D eigenvalue weighted by Crippen LogP contribution is 2.18. The van der Waals surface area contributed by atoms with Crippen molar-refractivity contribution in [2.75, 3.05) is 19.8 Å². The first-order valence-corrected chi connectivity index (χ1v) is 5.87. The number of ether oxygens (including phenoxy) is 1. The van der Waals surface area contributed by atoms with E-state index in [1.165, 1.54) is 4.90 Å². The van der Waals surface area contributed by atoms with Crippen LogP contribution in [-0.2, 0) is 14.3 Å². The van der Waals surface area contributed by atoms with E-state index in [0.29, 0.717) is 39.0 Å². The number of hydrogen-bond donors (Lipinski definition) is 1. The van der Waals surface area contributed by atoms with Crippen molar-refractivity contribution in [2.45, 2.75) is 31.7 Å². The Hall–Kier alpha value is -1.36. The van der Waals surface area contributed by atoms with Gasteiger partial charge in [0.2, 0.25) is 5.91 Å². The van der Waals surface area contributed by atoms with Gasteiger partial charge in [-0.05, 0) is 19.3 Å². The number of rotatable bonds is 7. The van der Waals surface area contributed by atoms with Gasteiger partial charge in [0.1, 0.15) is 6.04 Å². The van der Waals surface area contributed by atoms with Gasteiger partial charge in [-0.25, -0.2) is 4.79 Å². The summed E-state index contributed by atoms with van der Waals surface area (Å²) in [7, 11) is 0. The van der Waals surface area contributed by atoms with E-state index >= 15 is 0 Å². The fourth-order valence-corrected chi connectivity index (χ4v) is 1.96. The summed E-state index contributed by atoms with van der Waals surface area (Å²) in [4.78, 5) is 24.1. The first-order chi connectivity index (χ1) is 8.16. The summed E-state index contributed by atoms with van der Waals surface area (Å²) in [6.07, 6.45) is 3.96. The maximum absolute atomic E-state index is 11.8. The van der Waals surface area contributed by atoms with Crippen LogP contribution in [0.4, 0.5) is 0 Å². The third-order valence-electron chi connectivity index (χ3n) is 2.77. The predicted octanol–water partition coefficient (Wildman–Crippen LogP) is 1.04. The first-order valence-electron chi connectivity index (χ1n) is 5.87. The van der Waals surface area contributed by atoms with Crippen LogP contribution in [0.25, 0.3) is 0 Å². The summed E-state index contributed by atoms with van der Waals surface area (Å²) in [6, 6.07) is -0.628. The lowest BCUT2D eigenvalue weighted by Gasteiger charge is -2.21. The first kappa shape index (κ1) is 13.7. The summed E-state index contributed by atoms with van der Waals surface area (Å²) in [6.45, 7) is 5.06. The van der Waals surface area contributed by atoms with Crippen LogP contribution in [0.3, 0.4) is 0 Å². The van der Waals surface area contributed by atoms with Gasteiger partial charge in [0.05, 0.1) is 6.61 Å². The van der Waals surface area contributed by atoms with Gasteiger partial charge in [0, 0.05) is 19.6 Å². The van der Waals surface area contributed by atoms with E-state index in [1.54, 1.807) is 6.08 Å². The molecule has 1 atom stereocenters. The van der Waals surface area contributed by atoms with Crippen molar-refractivity contribution in [1.82, 2.24) is 4.90 Å². The Balaban J connectivity index is 2.27. The molecule has 5 heteroatoms. The molecule has 1 N–H and O–H groups in total. The lowest BCUT2D eigenvalue weighted by molar-refractivity contribution is -0.148. The number of carboxylic acids is 1. The number of amides is 1. The Morgan fingerprint density at radius 3 is 2.94 bits per heavy atom. The molecule has 0 radical (unpaired) electrons. The van der Waals surface area contributed by atoms with Crippen LogP contribution in [0.15, 0.2) is 12.7 Å². The molecule has 1 rings (SSSR count). The number of carboxylic acid groups (broad SMARTS) is 1. The summed E-state index contributed by atoms with van der Waals surface area (Å²) < 4.78 is 5.17. The van der Waals surface area contributed by atoms with E-state index in [9.17, 15) is 9.59 Å². The molecule has 0 aliphatic carbocycles. The fraction of sp³-hybridized carbons (Fsp3) is 0.667. The van der Waals surface area contributed by atoms with Gasteiger partial charge in [-0.15, -0.1) is 6.58 Å². The van der Waals surface area contributed by atoms with Crippen molar-refractivity contribution >= 4 is 11.9 Å². The normalized spacial score (nSPS) is 19.3. The topological polar surface area (TPSA) is 66.8 Å². The molecule has 0 saturated carbocycles. The van der Waals surface area contributed by atoms with Gasteiger partial charge < -0.3 is 14.7 Å². The molecule has 1 aliphatic heterocycles. The van der Waals surface area contributed by atoms with Crippen molar-refractivity contribution in [3.8, 4) is 0 Å². The van der Waals surface area contributed by atoms with Crippen LogP contribution in [0.1, 0.15) is 25.7 Å². The van der Waals surface area contributed by atoms with Crippen LogP contribution in [-0.4, -0.2) is 47.7 Å². The molecular weight excluding hydrogens is 222 g/mol. The second kappa shape index (κ2) is 7.06. The minimum atomic E-state index is -0.904. The Kier molecular flexibility index (Phi) is 5.69. The molecule has 0 spiro atoms. The van der Waals surface area contributed by atoms with Crippen LogP contribution in [0.5, 0.6) is 0 Å². The smallest absolute Gasteiger partial charge is 0.326 e. The molecule has 0 bridgehead atoms. The zero-order chi connectivity index (χ0) is 12.7. The van der Waals surface area contributed by atoms with Crippen LogP contribution >= 0.6 is 0 Å². The molecule has 17 heavy (non-hydrogen) atoms. The third-order valence-corrected chi connectivity index (χ3v) is 2.77. The monoisotopic (exact) mass is 241 g/mol. The fourth-order valence-electron chi connectivity index (χ4n) is 1.96. The molecule has 1 amide bonds. The number of hydrogen-bond acceptors (Lipinski definition) is 3. The average Bonchev–Trinajstić information content (AvgIpc) is 2.77. The van der Waals surface area contributed by atoms with Gasteiger partial charge in [-0.2, -0.15) is 0 Å². The summed E-state index contributed by atoms with van der Waals surface area (Å²) >= 11 is 0. The molecule has 0 aromatic carbocycles. The Bertz CT molecular complexity index is 290. The van der Waals surface area contributed by atoms with E-state index in [-0.39, 0.29) is 5.91 Å². The van der Waals surface area contributed by atoms with Crippen LogP contribution in [0, 0.1) is 0 Å². The largest absolute Gasteiger partial charge is 0.480 e. The second-order valence-electron chi connectivity index (χ2n) is 4.05. The average molecular weight is 241 g/mol. The van der Waals surface area contributed by atoms with Gasteiger partial charge in [0.25, 0.3) is 0 Å². The van der Waals surface area contributed by atoms with E-state index in [0.717, 1.165) is 6.42 Å². The minimum absolute atomic E-state index is 0.0860.